The molecule has 0 amide bonds. The van der Waals surface area contributed by atoms with Crippen LogP contribution in [0.5, 0.6) is 0 Å². The van der Waals surface area contributed by atoms with Crippen LogP contribution in [0.3, 0.4) is 0 Å². The smallest absolute Gasteiger partial charge is 0.148 e. The van der Waals surface area contributed by atoms with Crippen molar-refractivity contribution in [3.63, 3.8) is 0 Å². The van der Waals surface area contributed by atoms with Crippen molar-refractivity contribution in [3.05, 3.63) is 30.5 Å². The molecule has 2 aliphatic rings. The molecule has 4 nitrogen and oxygen atoms in total. The van der Waals surface area contributed by atoms with Gasteiger partial charge in [0.1, 0.15) is 5.82 Å². The van der Waals surface area contributed by atoms with E-state index < -0.39 is 0 Å². The van der Waals surface area contributed by atoms with Crippen molar-refractivity contribution in [1.82, 2.24) is 14.9 Å². The number of rotatable bonds is 1. The SMILES string of the molecule is CN1CC2CCC(C1)N2c1cnc2ccccc2n1. The standard InChI is InChI=1S/C15H18N4/c1-18-9-11-6-7-12(10-18)19(11)15-8-16-13-4-2-3-5-14(13)17-15/h2-5,8,11-12H,6-7,9-10H2,1H3. The van der Waals surface area contributed by atoms with Gasteiger partial charge in [-0.1, -0.05) is 12.1 Å². The minimum atomic E-state index is 0.610. The summed E-state index contributed by atoms with van der Waals surface area (Å²) in [7, 11) is 2.22. The molecule has 1 aromatic heterocycles. The van der Waals surface area contributed by atoms with Crippen LogP contribution in [0.4, 0.5) is 5.82 Å². The first-order valence-electron chi connectivity index (χ1n) is 7.00. The van der Waals surface area contributed by atoms with Gasteiger partial charge in [-0.3, -0.25) is 4.98 Å². The number of hydrogen-bond acceptors (Lipinski definition) is 4. The largest absolute Gasteiger partial charge is 0.347 e. The number of likely N-dealkylation sites (N-methyl/N-ethyl adjacent to an activating group) is 1. The molecule has 2 unspecified atom stereocenters. The highest BCUT2D eigenvalue weighted by Gasteiger charge is 2.39. The first-order valence-corrected chi connectivity index (χ1v) is 7.00. The molecular formula is C15H18N4. The van der Waals surface area contributed by atoms with Crippen LogP contribution < -0.4 is 4.90 Å². The van der Waals surface area contributed by atoms with Crippen molar-refractivity contribution < 1.29 is 0 Å². The van der Waals surface area contributed by atoms with E-state index in [4.69, 9.17) is 4.98 Å². The van der Waals surface area contributed by atoms with Gasteiger partial charge < -0.3 is 9.80 Å². The zero-order valence-corrected chi connectivity index (χ0v) is 11.2. The van der Waals surface area contributed by atoms with Crippen LogP contribution in [0.1, 0.15) is 12.8 Å². The van der Waals surface area contributed by atoms with Crippen LogP contribution >= 0.6 is 0 Å². The third-order valence-corrected chi connectivity index (χ3v) is 4.37. The maximum atomic E-state index is 4.81. The quantitative estimate of drug-likeness (QED) is 0.778. The average Bonchev–Trinajstić information content (AvgIpc) is 2.70. The third kappa shape index (κ3) is 1.78. The monoisotopic (exact) mass is 254 g/mol. The number of fused-ring (bicyclic) bond motifs is 3. The first-order chi connectivity index (χ1) is 9.31. The number of nitrogens with zero attached hydrogens (tertiary/aromatic N) is 4. The molecule has 2 fully saturated rings. The number of benzene rings is 1. The van der Waals surface area contributed by atoms with Gasteiger partial charge in [-0.2, -0.15) is 0 Å². The van der Waals surface area contributed by atoms with Gasteiger partial charge in [0.05, 0.1) is 17.2 Å². The average molecular weight is 254 g/mol. The fourth-order valence-electron chi connectivity index (χ4n) is 3.56. The van der Waals surface area contributed by atoms with Gasteiger partial charge in [-0.05, 0) is 32.0 Å². The molecule has 2 atom stereocenters. The van der Waals surface area contributed by atoms with Crippen LogP contribution in [0.15, 0.2) is 30.5 Å². The van der Waals surface area contributed by atoms with E-state index in [9.17, 15) is 0 Å². The molecule has 0 N–H and O–H groups in total. The Morgan fingerprint density at radius 1 is 1.05 bits per heavy atom. The fraction of sp³-hybridized carbons (Fsp3) is 0.467. The van der Waals surface area contributed by atoms with Crippen molar-refractivity contribution in [2.45, 2.75) is 24.9 Å². The van der Waals surface area contributed by atoms with Gasteiger partial charge in [0.2, 0.25) is 0 Å². The lowest BCUT2D eigenvalue weighted by atomic mass is 10.2. The fourth-order valence-corrected chi connectivity index (χ4v) is 3.56. The number of piperazine rings is 1. The number of hydrogen-bond donors (Lipinski definition) is 0. The molecule has 19 heavy (non-hydrogen) atoms. The van der Waals surface area contributed by atoms with Crippen molar-refractivity contribution >= 4 is 16.9 Å². The minimum absolute atomic E-state index is 0.610. The lowest BCUT2D eigenvalue weighted by Crippen LogP contribution is -2.52. The highest BCUT2D eigenvalue weighted by molar-refractivity contribution is 5.75. The van der Waals surface area contributed by atoms with Crippen LogP contribution in [0, 0.1) is 0 Å². The second kappa shape index (κ2) is 4.17. The Bertz CT molecular complexity index is 598. The summed E-state index contributed by atoms with van der Waals surface area (Å²) >= 11 is 0. The molecule has 2 aliphatic heterocycles. The Hall–Kier alpha value is -1.68. The molecule has 3 heterocycles. The number of likely N-dealkylation sites (tertiary alicyclic amines) is 1. The van der Waals surface area contributed by atoms with Crippen molar-refractivity contribution in [2.24, 2.45) is 0 Å². The first kappa shape index (κ1) is 11.2. The molecule has 0 aliphatic carbocycles. The van der Waals surface area contributed by atoms with Crippen LogP contribution in [0.2, 0.25) is 0 Å². The normalized spacial score (nSPS) is 27.1. The van der Waals surface area contributed by atoms with Gasteiger partial charge in [0.15, 0.2) is 0 Å². The number of anilines is 1. The maximum absolute atomic E-state index is 4.81. The van der Waals surface area contributed by atoms with Gasteiger partial charge in [-0.15, -0.1) is 0 Å². The number of aromatic nitrogens is 2. The van der Waals surface area contributed by atoms with Gasteiger partial charge in [0, 0.05) is 25.2 Å². The second-order valence-corrected chi connectivity index (χ2v) is 5.73. The molecule has 0 spiro atoms. The molecular weight excluding hydrogens is 236 g/mol. The van der Waals surface area contributed by atoms with E-state index in [1.807, 2.05) is 30.5 Å². The van der Waals surface area contributed by atoms with E-state index in [1.54, 1.807) is 0 Å². The molecule has 1 aromatic carbocycles. The minimum Gasteiger partial charge on any atom is -0.347 e. The van der Waals surface area contributed by atoms with E-state index in [1.165, 1.54) is 12.8 Å². The Kier molecular flexibility index (Phi) is 2.45. The number of para-hydroxylation sites is 2. The van der Waals surface area contributed by atoms with E-state index >= 15 is 0 Å². The zero-order valence-electron chi connectivity index (χ0n) is 11.2. The Balaban J connectivity index is 1.74. The highest BCUT2D eigenvalue weighted by Crippen LogP contribution is 2.33. The summed E-state index contributed by atoms with van der Waals surface area (Å²) in [5.74, 6) is 1.05. The van der Waals surface area contributed by atoms with Crippen LogP contribution in [-0.2, 0) is 0 Å². The highest BCUT2D eigenvalue weighted by atomic mass is 15.3. The molecule has 0 saturated carbocycles. The third-order valence-electron chi connectivity index (χ3n) is 4.37. The lowest BCUT2D eigenvalue weighted by molar-refractivity contribution is 0.264. The summed E-state index contributed by atoms with van der Waals surface area (Å²) in [6.45, 7) is 2.29. The predicted octanol–water partition coefficient (Wildman–Crippen LogP) is 1.91. The van der Waals surface area contributed by atoms with E-state index in [0.29, 0.717) is 12.1 Å². The zero-order chi connectivity index (χ0) is 12.8. The van der Waals surface area contributed by atoms with Crippen molar-refractivity contribution in [2.75, 3.05) is 25.0 Å². The Morgan fingerprint density at radius 3 is 2.47 bits per heavy atom. The van der Waals surface area contributed by atoms with Gasteiger partial charge >= 0.3 is 0 Å². The summed E-state index contributed by atoms with van der Waals surface area (Å²) in [5, 5.41) is 0. The Morgan fingerprint density at radius 2 is 1.74 bits per heavy atom. The van der Waals surface area contributed by atoms with Crippen LogP contribution in [-0.4, -0.2) is 47.1 Å². The molecule has 98 valence electrons. The lowest BCUT2D eigenvalue weighted by Gasteiger charge is -2.40. The summed E-state index contributed by atoms with van der Waals surface area (Å²) in [6, 6.07) is 9.32. The van der Waals surface area contributed by atoms with Crippen LogP contribution in [0.25, 0.3) is 11.0 Å². The van der Waals surface area contributed by atoms with Crippen molar-refractivity contribution in [1.29, 1.82) is 0 Å². The van der Waals surface area contributed by atoms with Gasteiger partial charge in [0.25, 0.3) is 0 Å². The van der Waals surface area contributed by atoms with E-state index in [-0.39, 0.29) is 0 Å². The summed E-state index contributed by atoms with van der Waals surface area (Å²) in [5.41, 5.74) is 1.98. The molecule has 4 rings (SSSR count). The molecule has 2 aromatic rings. The van der Waals surface area contributed by atoms with E-state index in [2.05, 4.69) is 21.8 Å². The van der Waals surface area contributed by atoms with Crippen molar-refractivity contribution in [3.8, 4) is 0 Å². The molecule has 2 saturated heterocycles. The molecule has 4 heteroatoms. The predicted molar refractivity (Wildman–Crippen MR) is 76.3 cm³/mol. The maximum Gasteiger partial charge on any atom is 0.148 e. The molecule has 2 bridgehead atoms. The Labute approximate surface area is 113 Å². The second-order valence-electron chi connectivity index (χ2n) is 5.73. The molecule has 0 radical (unpaired) electrons. The van der Waals surface area contributed by atoms with E-state index in [0.717, 1.165) is 29.9 Å². The summed E-state index contributed by atoms with van der Waals surface area (Å²) in [4.78, 5) is 14.3. The topological polar surface area (TPSA) is 32.3 Å². The van der Waals surface area contributed by atoms with Gasteiger partial charge in [-0.25, -0.2) is 4.98 Å². The summed E-state index contributed by atoms with van der Waals surface area (Å²) in [6.07, 6.45) is 4.51. The summed E-state index contributed by atoms with van der Waals surface area (Å²) < 4.78 is 0.